The number of carbonyl (C=O) groups is 2. The SMILES string of the molecule is CCCCCCC(O)(C(=O)N(C=O)c1ccc(Br)cc1)N(C)c1ccc(Br)cc1. The first-order valence-electron chi connectivity index (χ1n) is 9.59. The lowest BCUT2D eigenvalue weighted by Crippen LogP contribution is -2.59. The molecule has 2 rings (SSSR count). The topological polar surface area (TPSA) is 60.9 Å². The second-order valence-corrected chi connectivity index (χ2v) is 8.75. The molecule has 29 heavy (non-hydrogen) atoms. The van der Waals surface area contributed by atoms with Crippen LogP contribution in [0.25, 0.3) is 0 Å². The van der Waals surface area contributed by atoms with Crippen LogP contribution in [-0.2, 0) is 9.59 Å². The summed E-state index contributed by atoms with van der Waals surface area (Å²) in [5.74, 6) is -0.670. The van der Waals surface area contributed by atoms with Crippen LogP contribution in [0, 0.1) is 0 Å². The van der Waals surface area contributed by atoms with Gasteiger partial charge >= 0.3 is 0 Å². The highest BCUT2D eigenvalue weighted by Crippen LogP contribution is 2.30. The van der Waals surface area contributed by atoms with Crippen molar-refractivity contribution in [3.8, 4) is 0 Å². The van der Waals surface area contributed by atoms with E-state index in [-0.39, 0.29) is 6.42 Å². The zero-order chi connectivity index (χ0) is 21.4. The van der Waals surface area contributed by atoms with Gasteiger partial charge in [0, 0.05) is 28.1 Å². The zero-order valence-electron chi connectivity index (χ0n) is 16.6. The Morgan fingerprint density at radius 1 is 0.966 bits per heavy atom. The zero-order valence-corrected chi connectivity index (χ0v) is 19.8. The molecule has 2 aromatic rings. The minimum Gasteiger partial charge on any atom is -0.363 e. The van der Waals surface area contributed by atoms with Gasteiger partial charge in [-0.3, -0.25) is 9.59 Å². The van der Waals surface area contributed by atoms with E-state index in [9.17, 15) is 14.7 Å². The molecule has 0 aliphatic rings. The van der Waals surface area contributed by atoms with Gasteiger partial charge in [-0.15, -0.1) is 0 Å². The summed E-state index contributed by atoms with van der Waals surface area (Å²) in [5, 5.41) is 11.5. The Kier molecular flexibility index (Phi) is 8.86. The lowest BCUT2D eigenvalue weighted by molar-refractivity contribution is -0.138. The Hall–Kier alpha value is -1.70. The highest BCUT2D eigenvalue weighted by atomic mass is 79.9. The fourth-order valence-corrected chi connectivity index (χ4v) is 3.64. The molecule has 2 aromatic carbocycles. The molecule has 2 amide bonds. The van der Waals surface area contributed by atoms with Crippen LogP contribution in [-0.4, -0.2) is 30.2 Å². The van der Waals surface area contributed by atoms with Crippen LogP contribution in [0.4, 0.5) is 11.4 Å². The molecular weight excluding hydrogens is 500 g/mol. The third-order valence-electron chi connectivity index (χ3n) is 4.92. The molecule has 0 saturated carbocycles. The first-order valence-corrected chi connectivity index (χ1v) is 11.2. The van der Waals surface area contributed by atoms with E-state index in [1.807, 2.05) is 24.3 Å². The first kappa shape index (κ1) is 23.6. The van der Waals surface area contributed by atoms with E-state index in [1.165, 1.54) is 0 Å². The number of aliphatic hydroxyl groups is 1. The van der Waals surface area contributed by atoms with E-state index in [0.29, 0.717) is 24.2 Å². The summed E-state index contributed by atoms with van der Waals surface area (Å²) in [6.45, 7) is 2.10. The van der Waals surface area contributed by atoms with Crippen molar-refractivity contribution >= 4 is 55.6 Å². The van der Waals surface area contributed by atoms with Gasteiger partial charge in [-0.1, -0.05) is 58.0 Å². The van der Waals surface area contributed by atoms with E-state index in [4.69, 9.17) is 0 Å². The molecule has 0 aromatic heterocycles. The van der Waals surface area contributed by atoms with Crippen LogP contribution < -0.4 is 9.80 Å². The van der Waals surface area contributed by atoms with Crippen molar-refractivity contribution in [2.45, 2.75) is 44.8 Å². The predicted octanol–water partition coefficient (Wildman–Crippen LogP) is 5.50. The largest absolute Gasteiger partial charge is 0.363 e. The monoisotopic (exact) mass is 524 g/mol. The van der Waals surface area contributed by atoms with E-state index in [0.717, 1.165) is 33.1 Å². The number of halogens is 2. The third kappa shape index (κ3) is 5.90. The van der Waals surface area contributed by atoms with E-state index >= 15 is 0 Å². The maximum atomic E-state index is 13.4. The minimum absolute atomic E-state index is 0.221. The molecule has 0 aliphatic heterocycles. The van der Waals surface area contributed by atoms with Crippen molar-refractivity contribution < 1.29 is 14.7 Å². The summed E-state index contributed by atoms with van der Waals surface area (Å²) in [7, 11) is 1.67. The molecule has 1 unspecified atom stereocenters. The average Bonchev–Trinajstić information content (AvgIpc) is 2.73. The van der Waals surface area contributed by atoms with Crippen molar-refractivity contribution in [1.29, 1.82) is 0 Å². The van der Waals surface area contributed by atoms with Gasteiger partial charge in [-0.2, -0.15) is 0 Å². The molecule has 1 N–H and O–H groups in total. The summed E-state index contributed by atoms with van der Waals surface area (Å²) >= 11 is 6.75. The third-order valence-corrected chi connectivity index (χ3v) is 5.98. The number of benzene rings is 2. The number of hydrogen-bond acceptors (Lipinski definition) is 4. The molecule has 0 radical (unpaired) electrons. The van der Waals surface area contributed by atoms with Crippen LogP contribution in [0.5, 0.6) is 0 Å². The number of hydrogen-bond donors (Lipinski definition) is 1. The van der Waals surface area contributed by atoms with Crippen molar-refractivity contribution in [2.24, 2.45) is 0 Å². The average molecular weight is 526 g/mol. The van der Waals surface area contributed by atoms with E-state index in [2.05, 4.69) is 38.8 Å². The number of anilines is 2. The number of unbranched alkanes of at least 4 members (excludes halogenated alkanes) is 3. The van der Waals surface area contributed by atoms with Gasteiger partial charge in [-0.05, 0) is 55.0 Å². The maximum Gasteiger partial charge on any atom is 0.286 e. The summed E-state index contributed by atoms with van der Waals surface area (Å²) in [6.07, 6.45) is 4.32. The second-order valence-electron chi connectivity index (χ2n) is 6.92. The molecule has 0 spiro atoms. The quantitative estimate of drug-likeness (QED) is 0.253. The number of rotatable bonds is 10. The smallest absolute Gasteiger partial charge is 0.286 e. The standard InChI is InChI=1S/C22H26Br2N2O3/c1-3-4-5-6-15-22(29,25(2)19-11-7-17(23)8-12-19)21(28)26(16-27)20-13-9-18(24)10-14-20/h7-14,16,29H,3-6,15H2,1-2H3. The van der Waals surface area contributed by atoms with Crippen molar-refractivity contribution in [1.82, 2.24) is 0 Å². The maximum absolute atomic E-state index is 13.4. The van der Waals surface area contributed by atoms with Crippen LogP contribution in [0.3, 0.4) is 0 Å². The first-order chi connectivity index (χ1) is 13.8. The van der Waals surface area contributed by atoms with E-state index in [1.54, 1.807) is 36.2 Å². The summed E-state index contributed by atoms with van der Waals surface area (Å²) in [5.41, 5.74) is -0.763. The molecule has 5 nitrogen and oxygen atoms in total. The molecule has 0 aliphatic carbocycles. The number of nitrogens with zero attached hydrogens (tertiary/aromatic N) is 2. The molecular formula is C22H26Br2N2O3. The Morgan fingerprint density at radius 2 is 1.48 bits per heavy atom. The molecule has 1 atom stereocenters. The lowest BCUT2D eigenvalue weighted by atomic mass is 10.00. The highest BCUT2D eigenvalue weighted by Gasteiger charge is 2.43. The highest BCUT2D eigenvalue weighted by molar-refractivity contribution is 9.10. The normalized spacial score (nSPS) is 12.9. The fourth-order valence-electron chi connectivity index (χ4n) is 3.12. The molecule has 0 heterocycles. The molecule has 0 saturated heterocycles. The van der Waals surface area contributed by atoms with Crippen molar-refractivity contribution in [2.75, 3.05) is 16.8 Å². The molecule has 0 bridgehead atoms. The predicted molar refractivity (Wildman–Crippen MR) is 124 cm³/mol. The van der Waals surface area contributed by atoms with Gasteiger partial charge in [-0.25, -0.2) is 4.90 Å². The molecule has 0 fully saturated rings. The second kappa shape index (κ2) is 10.9. The van der Waals surface area contributed by atoms with Crippen molar-refractivity contribution in [3.63, 3.8) is 0 Å². The number of likely N-dealkylation sites (N-methyl/N-ethyl adjacent to an activating group) is 1. The van der Waals surface area contributed by atoms with E-state index < -0.39 is 11.6 Å². The Morgan fingerprint density at radius 3 is 1.97 bits per heavy atom. The van der Waals surface area contributed by atoms with Gasteiger partial charge in [0.25, 0.3) is 5.91 Å². The van der Waals surface area contributed by atoms with Gasteiger partial charge < -0.3 is 10.0 Å². The fraction of sp³-hybridized carbons (Fsp3) is 0.364. The summed E-state index contributed by atoms with van der Waals surface area (Å²) < 4.78 is 1.73. The number of imide groups is 1. The summed E-state index contributed by atoms with van der Waals surface area (Å²) in [6, 6.07) is 14.1. The Labute approximate surface area is 189 Å². The lowest BCUT2D eigenvalue weighted by Gasteiger charge is -2.39. The van der Waals surface area contributed by atoms with Crippen molar-refractivity contribution in [3.05, 3.63) is 57.5 Å². The van der Waals surface area contributed by atoms with Crippen LogP contribution >= 0.6 is 31.9 Å². The van der Waals surface area contributed by atoms with Gasteiger partial charge in [0.1, 0.15) is 0 Å². The van der Waals surface area contributed by atoms with Crippen LogP contribution in [0.1, 0.15) is 39.0 Å². The number of amides is 2. The van der Waals surface area contributed by atoms with Gasteiger partial charge in [0.15, 0.2) is 0 Å². The molecule has 7 heteroatoms. The van der Waals surface area contributed by atoms with Crippen LogP contribution in [0.2, 0.25) is 0 Å². The minimum atomic E-state index is -1.85. The van der Waals surface area contributed by atoms with Gasteiger partial charge in [0.2, 0.25) is 12.1 Å². The number of carbonyl (C=O) groups excluding carboxylic acids is 2. The molecule has 156 valence electrons. The Balaban J connectivity index is 2.38. The summed E-state index contributed by atoms with van der Waals surface area (Å²) in [4.78, 5) is 27.7. The van der Waals surface area contributed by atoms with Crippen LogP contribution in [0.15, 0.2) is 57.5 Å². The Bertz CT molecular complexity index is 812. The van der Waals surface area contributed by atoms with Gasteiger partial charge in [0.05, 0.1) is 5.69 Å².